The molecule has 2 atom stereocenters. The number of aliphatic hydroxyl groups is 2. The van der Waals surface area contributed by atoms with Crippen LogP contribution >= 0.6 is 0 Å². The number of piperazine rings is 1. The van der Waals surface area contributed by atoms with Gasteiger partial charge in [0.1, 0.15) is 23.7 Å². The molecule has 0 aliphatic carbocycles. The van der Waals surface area contributed by atoms with Crippen molar-refractivity contribution in [1.82, 2.24) is 30.2 Å². The SMILES string of the molecule is O[C@H](c1ccc(N2CCN(c3ccc(-c4ccc(C(F)(F)[C@](O)(Cn5cnnn5)c5ccc(F)cc5F)nc4)cc3)CC2)cn1)C(F)(F)F. The molecule has 2 aromatic carbocycles. The lowest BCUT2D eigenvalue weighted by Gasteiger charge is -2.37. The Bertz CT molecular complexity index is 1870. The molecule has 1 saturated heterocycles. The molecule has 0 spiro atoms. The van der Waals surface area contributed by atoms with Crippen LogP contribution in [-0.2, 0) is 18.1 Å². The second-order valence-corrected chi connectivity index (χ2v) is 11.4. The van der Waals surface area contributed by atoms with Crippen LogP contribution in [0.5, 0.6) is 0 Å². The molecule has 5 aromatic rings. The van der Waals surface area contributed by atoms with Gasteiger partial charge in [0.15, 0.2) is 11.7 Å². The van der Waals surface area contributed by atoms with E-state index in [1.54, 1.807) is 12.1 Å². The van der Waals surface area contributed by atoms with Crippen LogP contribution in [0.15, 0.2) is 85.5 Å². The number of alkyl halides is 5. The average molecular weight is 689 g/mol. The van der Waals surface area contributed by atoms with E-state index in [2.05, 4.69) is 30.4 Å². The number of halogens is 7. The molecule has 1 fully saturated rings. The smallest absolute Gasteiger partial charge is 0.378 e. The molecule has 1 aliphatic heterocycles. The summed E-state index contributed by atoms with van der Waals surface area (Å²) < 4.78 is 99.6. The van der Waals surface area contributed by atoms with Crippen molar-refractivity contribution in [2.24, 2.45) is 0 Å². The van der Waals surface area contributed by atoms with Crippen molar-refractivity contribution >= 4 is 11.4 Å². The number of aliphatic hydroxyl groups excluding tert-OH is 1. The topological polar surface area (TPSA) is 116 Å². The summed E-state index contributed by atoms with van der Waals surface area (Å²) in [7, 11) is 0. The minimum atomic E-state index is -4.80. The molecule has 0 unspecified atom stereocenters. The van der Waals surface area contributed by atoms with Crippen molar-refractivity contribution in [3.8, 4) is 11.1 Å². The Morgan fingerprint density at radius 3 is 1.96 bits per heavy atom. The maximum absolute atomic E-state index is 16.1. The van der Waals surface area contributed by atoms with E-state index in [-0.39, 0.29) is 0 Å². The van der Waals surface area contributed by atoms with Crippen LogP contribution < -0.4 is 9.80 Å². The lowest BCUT2D eigenvalue weighted by atomic mass is 9.84. The predicted molar refractivity (Wildman–Crippen MR) is 161 cm³/mol. The van der Waals surface area contributed by atoms with E-state index in [0.29, 0.717) is 49.1 Å². The van der Waals surface area contributed by atoms with Crippen LogP contribution in [0, 0.1) is 11.6 Å². The zero-order chi connectivity index (χ0) is 35.0. The van der Waals surface area contributed by atoms with Gasteiger partial charge in [-0.25, -0.2) is 13.5 Å². The zero-order valence-electron chi connectivity index (χ0n) is 25.3. The van der Waals surface area contributed by atoms with Crippen LogP contribution in [0.2, 0.25) is 0 Å². The number of pyridine rings is 2. The molecule has 17 heteroatoms. The number of nitrogens with zero attached hydrogens (tertiary/aromatic N) is 8. The molecule has 0 bridgehead atoms. The van der Waals surface area contributed by atoms with Crippen molar-refractivity contribution < 1.29 is 40.9 Å². The van der Waals surface area contributed by atoms with Gasteiger partial charge in [-0.3, -0.25) is 9.97 Å². The maximum atomic E-state index is 16.1. The molecule has 0 amide bonds. The Kier molecular flexibility index (Phi) is 8.98. The largest absolute Gasteiger partial charge is 0.420 e. The molecule has 3 aromatic heterocycles. The first kappa shape index (κ1) is 33.7. The van der Waals surface area contributed by atoms with Crippen molar-refractivity contribution in [2.45, 2.75) is 30.3 Å². The third-order valence-corrected chi connectivity index (χ3v) is 8.34. The van der Waals surface area contributed by atoms with Crippen LogP contribution in [0.4, 0.5) is 42.1 Å². The summed E-state index contributed by atoms with van der Waals surface area (Å²) in [4.78, 5) is 11.8. The van der Waals surface area contributed by atoms with E-state index in [0.717, 1.165) is 41.0 Å². The Morgan fingerprint density at radius 2 is 1.41 bits per heavy atom. The molecule has 4 heterocycles. The molecule has 256 valence electrons. The maximum Gasteiger partial charge on any atom is 0.420 e. The van der Waals surface area contributed by atoms with Gasteiger partial charge in [-0.1, -0.05) is 18.2 Å². The number of benzene rings is 2. The third kappa shape index (κ3) is 6.76. The molecule has 49 heavy (non-hydrogen) atoms. The Labute approximate surface area is 274 Å². The highest BCUT2D eigenvalue weighted by molar-refractivity contribution is 5.66. The van der Waals surface area contributed by atoms with E-state index >= 15 is 8.78 Å². The number of rotatable bonds is 9. The summed E-state index contributed by atoms with van der Waals surface area (Å²) in [6, 6.07) is 14.2. The standard InChI is InChI=1S/C32H27F7N8O2/c33-22-4-8-25(26(34)15-22)30(49,18-47-19-42-43-44-47)31(35,36)28-10-3-21(16-41-28)20-1-5-23(6-2-20)45-11-13-46(14-12-45)24-7-9-27(40-17-24)29(48)32(37,38)39/h1-10,15-17,19,29,48-49H,11-14,18H2/t29-,30+/m1/s1. The van der Waals surface area contributed by atoms with Crippen LogP contribution in [0.25, 0.3) is 11.1 Å². The molecule has 2 N–H and O–H groups in total. The molecule has 1 aliphatic rings. The lowest BCUT2D eigenvalue weighted by Crippen LogP contribution is -2.48. The number of aromatic nitrogens is 6. The number of anilines is 2. The van der Waals surface area contributed by atoms with Crippen molar-refractivity contribution in [1.29, 1.82) is 0 Å². The van der Waals surface area contributed by atoms with E-state index in [9.17, 15) is 32.2 Å². The fraction of sp³-hybridized carbons (Fsp3) is 0.281. The lowest BCUT2D eigenvalue weighted by molar-refractivity contribution is -0.208. The van der Waals surface area contributed by atoms with E-state index in [1.807, 2.05) is 17.0 Å². The molecular weight excluding hydrogens is 661 g/mol. The van der Waals surface area contributed by atoms with E-state index in [4.69, 9.17) is 0 Å². The Morgan fingerprint density at radius 1 is 0.755 bits per heavy atom. The predicted octanol–water partition coefficient (Wildman–Crippen LogP) is 5.01. The third-order valence-electron chi connectivity index (χ3n) is 8.34. The normalized spacial score (nSPS) is 16.0. The highest BCUT2D eigenvalue weighted by atomic mass is 19.4. The number of hydrogen-bond donors (Lipinski definition) is 2. The van der Waals surface area contributed by atoms with Crippen LogP contribution in [0.3, 0.4) is 0 Å². The summed E-state index contributed by atoms with van der Waals surface area (Å²) >= 11 is 0. The number of tetrazole rings is 1. The summed E-state index contributed by atoms with van der Waals surface area (Å²) in [5.74, 6) is -6.59. The highest BCUT2D eigenvalue weighted by Gasteiger charge is 2.58. The molecular formula is C32H27F7N8O2. The first-order chi connectivity index (χ1) is 23.3. The van der Waals surface area contributed by atoms with Crippen molar-refractivity contribution in [2.75, 3.05) is 36.0 Å². The fourth-order valence-electron chi connectivity index (χ4n) is 5.63. The van der Waals surface area contributed by atoms with E-state index in [1.165, 1.54) is 24.5 Å². The first-order valence-corrected chi connectivity index (χ1v) is 14.8. The first-order valence-electron chi connectivity index (χ1n) is 14.8. The number of hydrogen-bond acceptors (Lipinski definition) is 9. The zero-order valence-corrected chi connectivity index (χ0v) is 25.3. The molecule has 6 rings (SSSR count). The van der Waals surface area contributed by atoms with Gasteiger partial charge in [-0.05, 0) is 58.5 Å². The van der Waals surface area contributed by atoms with Crippen LogP contribution in [-0.4, -0.2) is 72.7 Å². The van der Waals surface area contributed by atoms with Crippen LogP contribution in [0.1, 0.15) is 23.1 Å². The Hall–Kier alpha value is -5.16. The molecule has 0 saturated carbocycles. The second-order valence-electron chi connectivity index (χ2n) is 11.4. The van der Waals surface area contributed by atoms with Gasteiger partial charge in [0.05, 0.1) is 24.1 Å². The van der Waals surface area contributed by atoms with Gasteiger partial charge in [0, 0.05) is 55.3 Å². The quantitative estimate of drug-likeness (QED) is 0.206. The van der Waals surface area contributed by atoms with Gasteiger partial charge in [-0.2, -0.15) is 22.0 Å². The van der Waals surface area contributed by atoms with Gasteiger partial charge in [0.25, 0.3) is 0 Å². The molecule has 0 radical (unpaired) electrons. The van der Waals surface area contributed by atoms with Gasteiger partial charge < -0.3 is 20.0 Å². The minimum absolute atomic E-state index is 0.392. The summed E-state index contributed by atoms with van der Waals surface area (Å²) in [5, 5.41) is 31.0. The monoisotopic (exact) mass is 688 g/mol. The van der Waals surface area contributed by atoms with Gasteiger partial charge in [-0.15, -0.1) is 5.10 Å². The minimum Gasteiger partial charge on any atom is -0.378 e. The van der Waals surface area contributed by atoms with Crippen molar-refractivity contribution in [3.05, 3.63) is 114 Å². The summed E-state index contributed by atoms with van der Waals surface area (Å²) in [6.07, 6.45) is -3.98. The van der Waals surface area contributed by atoms with Gasteiger partial charge >= 0.3 is 12.1 Å². The average Bonchev–Trinajstić information content (AvgIpc) is 3.60. The summed E-state index contributed by atoms with van der Waals surface area (Å²) in [5.41, 5.74) is -2.81. The fourth-order valence-corrected chi connectivity index (χ4v) is 5.63. The van der Waals surface area contributed by atoms with E-state index < -0.39 is 58.9 Å². The second kappa shape index (κ2) is 13.0. The molecule has 10 nitrogen and oxygen atoms in total. The Balaban J connectivity index is 1.14. The highest BCUT2D eigenvalue weighted by Crippen LogP contribution is 2.47. The summed E-state index contributed by atoms with van der Waals surface area (Å²) in [6.45, 7) is 1.35. The van der Waals surface area contributed by atoms with Crippen molar-refractivity contribution in [3.63, 3.8) is 0 Å². The van der Waals surface area contributed by atoms with Gasteiger partial charge in [0.2, 0.25) is 0 Å².